The standard InChI is InChI=1S/C5H6S.2C4H5NS/c1-5-2-3-6-4-5;1-4-2-6-3-5-4;1-4-5-2-3-6-4/h2-4H,1H3;2*2-3H,1H3. The third kappa shape index (κ3) is 7.32. The van der Waals surface area contributed by atoms with E-state index in [1.54, 1.807) is 40.2 Å². The maximum atomic E-state index is 3.94. The lowest BCUT2D eigenvalue weighted by Crippen LogP contribution is -1.59. The number of thiophene rings is 1. The molecule has 3 rings (SSSR count). The van der Waals surface area contributed by atoms with Gasteiger partial charge in [0.15, 0.2) is 0 Å². The van der Waals surface area contributed by atoms with Gasteiger partial charge >= 0.3 is 0 Å². The van der Waals surface area contributed by atoms with E-state index in [9.17, 15) is 0 Å². The van der Waals surface area contributed by atoms with Crippen molar-refractivity contribution in [3.8, 4) is 0 Å². The maximum absolute atomic E-state index is 3.94. The van der Waals surface area contributed by atoms with Crippen molar-refractivity contribution < 1.29 is 0 Å². The summed E-state index contributed by atoms with van der Waals surface area (Å²) in [6, 6.07) is 2.10. The average Bonchev–Trinajstić information content (AvgIpc) is 3.05. The van der Waals surface area contributed by atoms with Crippen molar-refractivity contribution in [2.75, 3.05) is 0 Å². The highest BCUT2D eigenvalue weighted by molar-refractivity contribution is 7.09. The summed E-state index contributed by atoms with van der Waals surface area (Å²) in [6.07, 6.45) is 1.81. The van der Waals surface area contributed by atoms with E-state index in [4.69, 9.17) is 0 Å². The second-order valence-electron chi connectivity index (χ2n) is 3.48. The molecule has 0 saturated heterocycles. The third-order valence-electron chi connectivity index (χ3n) is 1.78. The van der Waals surface area contributed by atoms with Crippen LogP contribution in [0.15, 0.2) is 39.3 Å². The second-order valence-corrected chi connectivity index (χ2v) is 6.08. The van der Waals surface area contributed by atoms with Crippen LogP contribution in [0.25, 0.3) is 0 Å². The zero-order valence-corrected chi connectivity index (χ0v) is 13.1. The molecule has 3 aromatic rings. The third-order valence-corrected chi connectivity index (χ3v) is 3.98. The average molecular weight is 296 g/mol. The molecule has 5 heteroatoms. The largest absolute Gasteiger partial charge is 0.250 e. The van der Waals surface area contributed by atoms with Crippen LogP contribution in [0.3, 0.4) is 0 Å². The van der Waals surface area contributed by atoms with Gasteiger partial charge in [0.1, 0.15) is 0 Å². The van der Waals surface area contributed by atoms with Crippen LogP contribution in [0.2, 0.25) is 0 Å². The SMILES string of the molecule is Cc1ccsc1.Cc1cscn1.Cc1nccs1. The smallest absolute Gasteiger partial charge is 0.0893 e. The van der Waals surface area contributed by atoms with Crippen LogP contribution >= 0.6 is 34.0 Å². The van der Waals surface area contributed by atoms with Gasteiger partial charge in [-0.2, -0.15) is 11.3 Å². The van der Waals surface area contributed by atoms with E-state index in [2.05, 4.69) is 33.7 Å². The summed E-state index contributed by atoms with van der Waals surface area (Å²) in [6.45, 7) is 6.07. The van der Waals surface area contributed by atoms with Crippen molar-refractivity contribution in [1.29, 1.82) is 0 Å². The number of aromatic nitrogens is 2. The highest BCUT2D eigenvalue weighted by atomic mass is 32.1. The van der Waals surface area contributed by atoms with Crippen LogP contribution in [0.5, 0.6) is 0 Å². The van der Waals surface area contributed by atoms with Crippen molar-refractivity contribution >= 4 is 34.0 Å². The lowest BCUT2D eigenvalue weighted by molar-refractivity contribution is 1.27. The number of thiazole rings is 2. The molecule has 0 aliphatic heterocycles. The van der Waals surface area contributed by atoms with E-state index in [0.29, 0.717) is 0 Å². The Hall–Kier alpha value is -1.04. The quantitative estimate of drug-likeness (QED) is 0.586. The van der Waals surface area contributed by atoms with Crippen LogP contribution < -0.4 is 0 Å². The molecule has 2 nitrogen and oxygen atoms in total. The van der Waals surface area contributed by atoms with Crippen molar-refractivity contribution in [1.82, 2.24) is 9.97 Å². The summed E-state index contributed by atoms with van der Waals surface area (Å²) in [7, 11) is 0. The summed E-state index contributed by atoms with van der Waals surface area (Å²) < 4.78 is 0. The maximum Gasteiger partial charge on any atom is 0.0893 e. The predicted octanol–water partition coefficient (Wildman–Crippen LogP) is 4.96. The molecule has 0 N–H and O–H groups in total. The van der Waals surface area contributed by atoms with E-state index in [1.807, 2.05) is 30.1 Å². The van der Waals surface area contributed by atoms with E-state index < -0.39 is 0 Å². The van der Waals surface area contributed by atoms with Gasteiger partial charge in [0, 0.05) is 22.7 Å². The van der Waals surface area contributed by atoms with Crippen LogP contribution in [0, 0.1) is 20.8 Å². The fraction of sp³-hybridized carbons (Fsp3) is 0.231. The molecule has 0 atom stereocenters. The number of hydrogen-bond donors (Lipinski definition) is 0. The molecule has 0 aliphatic carbocycles. The molecule has 18 heavy (non-hydrogen) atoms. The Morgan fingerprint density at radius 1 is 0.944 bits per heavy atom. The van der Waals surface area contributed by atoms with Crippen LogP contribution in [0.1, 0.15) is 16.3 Å². The fourth-order valence-corrected chi connectivity index (χ4v) is 2.55. The molecule has 0 amide bonds. The molecule has 0 saturated carbocycles. The Morgan fingerprint density at radius 2 is 1.78 bits per heavy atom. The summed E-state index contributed by atoms with van der Waals surface area (Å²) >= 11 is 5.03. The predicted molar refractivity (Wildman–Crippen MR) is 82.8 cm³/mol. The highest BCUT2D eigenvalue weighted by Gasteiger charge is 1.77. The van der Waals surface area contributed by atoms with Crippen LogP contribution in [-0.4, -0.2) is 9.97 Å². The zero-order valence-electron chi connectivity index (χ0n) is 10.7. The van der Waals surface area contributed by atoms with Crippen LogP contribution in [0.4, 0.5) is 0 Å². The molecule has 3 heterocycles. The Labute approximate surface area is 120 Å². The highest BCUT2D eigenvalue weighted by Crippen LogP contribution is 2.01. The molecule has 0 aliphatic rings. The molecule has 3 aromatic heterocycles. The van der Waals surface area contributed by atoms with Crippen LogP contribution in [-0.2, 0) is 0 Å². The van der Waals surface area contributed by atoms with E-state index in [1.165, 1.54) is 5.56 Å². The first kappa shape index (κ1) is 15.0. The fourth-order valence-electron chi connectivity index (χ4n) is 0.900. The van der Waals surface area contributed by atoms with Gasteiger partial charge in [-0.1, -0.05) is 0 Å². The van der Waals surface area contributed by atoms with Crippen molar-refractivity contribution in [2.45, 2.75) is 20.8 Å². The number of aryl methyl sites for hydroxylation is 3. The molecule has 0 bridgehead atoms. The second kappa shape index (κ2) is 8.97. The molecule has 0 aromatic carbocycles. The van der Waals surface area contributed by atoms with Gasteiger partial charge in [-0.3, -0.25) is 9.97 Å². The monoisotopic (exact) mass is 296 g/mol. The minimum absolute atomic E-state index is 1.11. The van der Waals surface area contributed by atoms with Gasteiger partial charge in [0.25, 0.3) is 0 Å². The van der Waals surface area contributed by atoms with Gasteiger partial charge < -0.3 is 0 Å². The minimum Gasteiger partial charge on any atom is -0.250 e. The first-order valence-electron chi connectivity index (χ1n) is 5.38. The molecule has 0 spiro atoms. The summed E-state index contributed by atoms with van der Waals surface area (Å²) in [5.41, 5.74) is 4.30. The van der Waals surface area contributed by atoms with E-state index in [-0.39, 0.29) is 0 Å². The zero-order chi connectivity index (χ0) is 13.2. The number of hydrogen-bond acceptors (Lipinski definition) is 5. The Balaban J connectivity index is 0.000000135. The minimum atomic E-state index is 1.11. The topological polar surface area (TPSA) is 25.8 Å². The lowest BCUT2D eigenvalue weighted by Gasteiger charge is -1.65. The summed E-state index contributed by atoms with van der Waals surface area (Å²) in [5.74, 6) is 0. The first-order valence-corrected chi connectivity index (χ1v) is 8.14. The Kier molecular flexibility index (Phi) is 7.48. The molecule has 0 unspecified atom stereocenters. The van der Waals surface area contributed by atoms with Gasteiger partial charge in [0.2, 0.25) is 0 Å². The van der Waals surface area contributed by atoms with Gasteiger partial charge in [-0.05, 0) is 43.2 Å². The molecule has 96 valence electrons. The van der Waals surface area contributed by atoms with E-state index in [0.717, 1.165) is 10.7 Å². The Bertz CT molecular complexity index is 408. The lowest BCUT2D eigenvalue weighted by atomic mass is 10.4. The van der Waals surface area contributed by atoms with Gasteiger partial charge in [0.05, 0.1) is 10.5 Å². The number of rotatable bonds is 0. The molecule has 0 fully saturated rings. The van der Waals surface area contributed by atoms with Gasteiger partial charge in [-0.25, -0.2) is 0 Å². The van der Waals surface area contributed by atoms with Crippen molar-refractivity contribution in [3.05, 3.63) is 55.6 Å². The molecular formula is C13H16N2S3. The summed E-state index contributed by atoms with van der Waals surface area (Å²) in [4.78, 5) is 7.87. The first-order chi connectivity index (χ1) is 8.68. The molecular weight excluding hydrogens is 280 g/mol. The number of nitrogens with zero attached hydrogens (tertiary/aromatic N) is 2. The normalized spacial score (nSPS) is 8.83. The molecule has 0 radical (unpaired) electrons. The van der Waals surface area contributed by atoms with E-state index >= 15 is 0 Å². The van der Waals surface area contributed by atoms with Crippen molar-refractivity contribution in [2.24, 2.45) is 0 Å². The Morgan fingerprint density at radius 3 is 1.94 bits per heavy atom. The van der Waals surface area contributed by atoms with Gasteiger partial charge in [-0.15, -0.1) is 22.7 Å². The van der Waals surface area contributed by atoms with Crippen molar-refractivity contribution in [3.63, 3.8) is 0 Å². The summed E-state index contributed by atoms with van der Waals surface area (Å²) in [5, 5.41) is 9.32.